The summed E-state index contributed by atoms with van der Waals surface area (Å²) in [6, 6.07) is 9.99. The lowest BCUT2D eigenvalue weighted by Gasteiger charge is -2.32. The van der Waals surface area contributed by atoms with Crippen molar-refractivity contribution in [1.82, 2.24) is 10.2 Å². The Morgan fingerprint density at radius 2 is 2.17 bits per heavy atom. The Kier molecular flexibility index (Phi) is 7.49. The Labute approximate surface area is 150 Å². The molecular weight excluding hydrogens is 328 g/mol. The van der Waals surface area contributed by atoms with Gasteiger partial charge in [0.25, 0.3) is 0 Å². The molecular formula is C18H27ClN2O3. The summed E-state index contributed by atoms with van der Waals surface area (Å²) in [5.41, 5.74) is 1.19. The van der Waals surface area contributed by atoms with Crippen LogP contribution in [0.5, 0.6) is 0 Å². The molecule has 5 nitrogen and oxygen atoms in total. The number of ether oxygens (including phenoxy) is 2. The highest BCUT2D eigenvalue weighted by Gasteiger charge is 2.35. The van der Waals surface area contributed by atoms with Gasteiger partial charge in [-0.2, -0.15) is 0 Å². The monoisotopic (exact) mass is 354 g/mol. The predicted octanol–water partition coefficient (Wildman–Crippen LogP) is 1.85. The van der Waals surface area contributed by atoms with Gasteiger partial charge in [-0.05, 0) is 18.9 Å². The van der Waals surface area contributed by atoms with E-state index < -0.39 is 0 Å². The summed E-state index contributed by atoms with van der Waals surface area (Å²) in [6.45, 7) is 6.36. The van der Waals surface area contributed by atoms with Gasteiger partial charge in [-0.25, -0.2) is 0 Å². The molecule has 0 spiro atoms. The first-order valence-corrected chi connectivity index (χ1v) is 8.49. The van der Waals surface area contributed by atoms with E-state index >= 15 is 0 Å². The smallest absolute Gasteiger partial charge is 0.242 e. The van der Waals surface area contributed by atoms with Gasteiger partial charge in [0, 0.05) is 25.6 Å². The average molecular weight is 355 g/mol. The van der Waals surface area contributed by atoms with E-state index in [-0.39, 0.29) is 30.5 Å². The molecule has 134 valence electrons. The van der Waals surface area contributed by atoms with Gasteiger partial charge in [0.1, 0.15) is 6.04 Å². The van der Waals surface area contributed by atoms with Gasteiger partial charge in [-0.15, -0.1) is 12.4 Å². The van der Waals surface area contributed by atoms with Crippen LogP contribution in [0.2, 0.25) is 0 Å². The highest BCUT2D eigenvalue weighted by molar-refractivity contribution is 5.85. The number of rotatable bonds is 5. The van der Waals surface area contributed by atoms with Gasteiger partial charge in [-0.1, -0.05) is 30.3 Å². The molecule has 1 aromatic rings. The van der Waals surface area contributed by atoms with Crippen molar-refractivity contribution in [2.24, 2.45) is 5.92 Å². The van der Waals surface area contributed by atoms with Gasteiger partial charge >= 0.3 is 0 Å². The summed E-state index contributed by atoms with van der Waals surface area (Å²) in [6.07, 6.45) is 0.965. The van der Waals surface area contributed by atoms with Crippen LogP contribution < -0.4 is 5.32 Å². The number of amides is 1. The molecule has 3 atom stereocenters. The fourth-order valence-corrected chi connectivity index (χ4v) is 3.29. The maximum Gasteiger partial charge on any atom is 0.242 e. The largest absolute Gasteiger partial charge is 0.376 e. The van der Waals surface area contributed by atoms with E-state index in [0.717, 1.165) is 26.1 Å². The topological polar surface area (TPSA) is 50.8 Å². The van der Waals surface area contributed by atoms with Crippen molar-refractivity contribution in [3.8, 4) is 0 Å². The lowest BCUT2D eigenvalue weighted by molar-refractivity contribution is -0.138. The second-order valence-electron chi connectivity index (χ2n) is 6.45. The number of halogens is 1. The van der Waals surface area contributed by atoms with Crippen LogP contribution in [0.4, 0.5) is 0 Å². The molecule has 1 unspecified atom stereocenters. The number of hydrogen-bond donors (Lipinski definition) is 1. The number of benzene rings is 1. The summed E-state index contributed by atoms with van der Waals surface area (Å²) in [4.78, 5) is 14.6. The van der Waals surface area contributed by atoms with Crippen LogP contribution in [0.25, 0.3) is 0 Å². The molecule has 0 aromatic heterocycles. The maximum atomic E-state index is 12.6. The number of likely N-dealkylation sites (tertiary alicyclic amines) is 1. The van der Waals surface area contributed by atoms with Gasteiger partial charge in [0.15, 0.2) is 0 Å². The van der Waals surface area contributed by atoms with Crippen LogP contribution in [0.1, 0.15) is 18.9 Å². The molecule has 1 aromatic carbocycles. The summed E-state index contributed by atoms with van der Waals surface area (Å²) in [5, 5.41) is 3.28. The maximum absolute atomic E-state index is 12.6. The van der Waals surface area contributed by atoms with Crippen molar-refractivity contribution in [2.45, 2.75) is 32.1 Å². The number of nitrogens with zero attached hydrogens (tertiary/aromatic N) is 1. The minimum Gasteiger partial charge on any atom is -0.376 e. The highest BCUT2D eigenvalue weighted by Crippen LogP contribution is 2.19. The van der Waals surface area contributed by atoms with E-state index in [9.17, 15) is 4.79 Å². The predicted molar refractivity (Wildman–Crippen MR) is 95.2 cm³/mol. The summed E-state index contributed by atoms with van der Waals surface area (Å²) in [5.74, 6) is 0.602. The van der Waals surface area contributed by atoms with Crippen molar-refractivity contribution >= 4 is 18.3 Å². The van der Waals surface area contributed by atoms with E-state index in [4.69, 9.17) is 9.47 Å². The van der Waals surface area contributed by atoms with Gasteiger partial charge in [0.05, 0.1) is 25.9 Å². The normalized spacial score (nSPS) is 26.9. The van der Waals surface area contributed by atoms with Crippen LogP contribution in [-0.4, -0.2) is 55.8 Å². The second kappa shape index (κ2) is 9.37. The first-order valence-electron chi connectivity index (χ1n) is 8.49. The molecule has 24 heavy (non-hydrogen) atoms. The number of carbonyl (C=O) groups is 1. The zero-order chi connectivity index (χ0) is 16.1. The van der Waals surface area contributed by atoms with Crippen LogP contribution in [0, 0.1) is 5.92 Å². The van der Waals surface area contributed by atoms with Crippen LogP contribution in [0.15, 0.2) is 30.3 Å². The number of carbonyl (C=O) groups excluding carboxylic acids is 1. The third-order valence-electron chi connectivity index (χ3n) is 4.65. The van der Waals surface area contributed by atoms with Crippen molar-refractivity contribution < 1.29 is 14.3 Å². The Bertz CT molecular complexity index is 514. The van der Waals surface area contributed by atoms with Gasteiger partial charge < -0.3 is 19.7 Å². The fourth-order valence-electron chi connectivity index (χ4n) is 3.29. The van der Waals surface area contributed by atoms with E-state index in [1.165, 1.54) is 5.56 Å². The van der Waals surface area contributed by atoms with Crippen molar-refractivity contribution in [1.29, 1.82) is 0 Å². The van der Waals surface area contributed by atoms with Crippen LogP contribution >= 0.6 is 12.4 Å². The third kappa shape index (κ3) is 4.93. The molecule has 0 saturated carbocycles. The summed E-state index contributed by atoms with van der Waals surface area (Å²) in [7, 11) is 0. The quantitative estimate of drug-likeness (QED) is 0.876. The minimum absolute atomic E-state index is 0. The number of morpholine rings is 1. The molecule has 1 N–H and O–H groups in total. The van der Waals surface area contributed by atoms with E-state index in [1.54, 1.807) is 0 Å². The molecule has 2 aliphatic rings. The zero-order valence-electron chi connectivity index (χ0n) is 14.1. The Morgan fingerprint density at radius 1 is 1.38 bits per heavy atom. The van der Waals surface area contributed by atoms with Crippen LogP contribution in [0.3, 0.4) is 0 Å². The molecule has 2 fully saturated rings. The second-order valence-corrected chi connectivity index (χ2v) is 6.45. The minimum atomic E-state index is -0.201. The molecule has 0 bridgehead atoms. The fraction of sp³-hybridized carbons (Fsp3) is 0.611. The SMILES string of the molecule is C[C@H]1OCCN[C@@H]1C(=O)N1CCC(COCc2ccccc2)C1.Cl. The standard InChI is InChI=1S/C18H26N2O3.ClH/c1-14-17(19-8-10-23-14)18(21)20-9-7-16(11-20)13-22-12-15-5-3-2-4-6-15;/h2-6,14,16-17,19H,7-13H2,1H3;1H/t14-,16?,17+;/m1./s1. The first kappa shape index (κ1) is 19.2. The number of nitrogens with one attached hydrogen (secondary N) is 1. The molecule has 2 aliphatic heterocycles. The molecule has 3 rings (SSSR count). The highest BCUT2D eigenvalue weighted by atomic mass is 35.5. The van der Waals surface area contributed by atoms with Gasteiger partial charge in [0.2, 0.25) is 5.91 Å². The van der Waals surface area contributed by atoms with E-state index in [2.05, 4.69) is 17.4 Å². The van der Waals surface area contributed by atoms with Crippen molar-refractivity contribution in [2.75, 3.05) is 32.8 Å². The molecule has 6 heteroatoms. The first-order chi connectivity index (χ1) is 11.2. The van der Waals surface area contributed by atoms with E-state index in [1.807, 2.05) is 30.0 Å². The molecule has 1 amide bonds. The lowest BCUT2D eigenvalue weighted by atomic mass is 10.1. The average Bonchev–Trinajstić information content (AvgIpc) is 3.05. The zero-order valence-corrected chi connectivity index (χ0v) is 15.0. The lowest BCUT2D eigenvalue weighted by Crippen LogP contribution is -2.56. The molecule has 0 radical (unpaired) electrons. The Balaban J connectivity index is 0.00000208. The van der Waals surface area contributed by atoms with Crippen molar-refractivity contribution in [3.05, 3.63) is 35.9 Å². The van der Waals surface area contributed by atoms with Gasteiger partial charge in [-0.3, -0.25) is 4.79 Å². The molecule has 2 heterocycles. The Hall–Kier alpha value is -1.14. The third-order valence-corrected chi connectivity index (χ3v) is 4.65. The number of hydrogen-bond acceptors (Lipinski definition) is 4. The summed E-state index contributed by atoms with van der Waals surface area (Å²) < 4.78 is 11.4. The summed E-state index contributed by atoms with van der Waals surface area (Å²) >= 11 is 0. The molecule has 2 saturated heterocycles. The Morgan fingerprint density at radius 3 is 2.92 bits per heavy atom. The van der Waals surface area contributed by atoms with Crippen molar-refractivity contribution in [3.63, 3.8) is 0 Å². The van der Waals surface area contributed by atoms with E-state index in [0.29, 0.717) is 25.7 Å². The molecule has 0 aliphatic carbocycles. The van der Waals surface area contributed by atoms with Crippen LogP contribution in [-0.2, 0) is 20.9 Å².